The molecule has 11 rings (SSSR count). The van der Waals surface area contributed by atoms with Crippen molar-refractivity contribution in [3.05, 3.63) is 212 Å². The lowest BCUT2D eigenvalue weighted by Gasteiger charge is -2.28. The molecule has 2 heteroatoms. The zero-order chi connectivity index (χ0) is 37.0. The number of hydrogen-bond acceptors (Lipinski definition) is 2. The Morgan fingerprint density at radius 3 is 1.71 bits per heavy atom. The molecule has 0 aliphatic carbocycles. The predicted molar refractivity (Wildman–Crippen MR) is 237 cm³/mol. The Hall–Kier alpha value is -7.42. The van der Waals surface area contributed by atoms with E-state index in [2.05, 4.69) is 205 Å². The van der Waals surface area contributed by atoms with Gasteiger partial charge >= 0.3 is 0 Å². The van der Waals surface area contributed by atoms with Crippen LogP contribution in [0.15, 0.2) is 217 Å². The normalized spacial score (nSPS) is 11.6. The van der Waals surface area contributed by atoms with Crippen LogP contribution in [0.5, 0.6) is 0 Å². The molecule has 0 N–H and O–H groups in total. The van der Waals surface area contributed by atoms with E-state index in [1.807, 2.05) is 12.1 Å². The minimum atomic E-state index is 0.864. The first kappa shape index (κ1) is 32.0. The van der Waals surface area contributed by atoms with E-state index in [-0.39, 0.29) is 0 Å². The highest BCUT2D eigenvalue weighted by molar-refractivity contribution is 6.12. The quantitative estimate of drug-likeness (QED) is 0.171. The standard InChI is InChI=1S/C54H35NO/c1-2-14-37(15-3-1)43-26-12-18-38-19-13-27-44(54(38)43)39-20-10-21-40(34-39)55(41-30-31-50-49-25-8-9-29-52(49)56-53(50)35-41)51-33-32-47(46-23-6-7-24-48(46)51)45-28-11-17-36-16-4-5-22-42(36)45/h1-35H. The van der Waals surface area contributed by atoms with E-state index in [1.165, 1.54) is 60.1 Å². The Balaban J connectivity index is 1.15. The van der Waals surface area contributed by atoms with Crippen LogP contribution in [0, 0.1) is 0 Å². The molecule has 2 nitrogen and oxygen atoms in total. The molecule has 1 heterocycles. The molecule has 0 saturated heterocycles. The molecular formula is C54H35NO. The molecule has 0 atom stereocenters. The first-order valence-corrected chi connectivity index (χ1v) is 19.2. The summed E-state index contributed by atoms with van der Waals surface area (Å²) in [6.45, 7) is 0. The lowest BCUT2D eigenvalue weighted by atomic mass is 9.91. The zero-order valence-electron chi connectivity index (χ0n) is 30.6. The summed E-state index contributed by atoms with van der Waals surface area (Å²) in [6.07, 6.45) is 0. The van der Waals surface area contributed by atoms with Gasteiger partial charge in [-0.1, -0.05) is 170 Å². The SMILES string of the molecule is c1ccc(-c2cccc3cccc(-c4cccc(N(c5ccc6c(c5)oc5ccccc56)c5ccc(-c6cccc7ccccc67)c6ccccc56)c4)c23)cc1. The van der Waals surface area contributed by atoms with Gasteiger partial charge in [-0.15, -0.1) is 0 Å². The second kappa shape index (κ2) is 13.2. The number of para-hydroxylation sites is 1. The fraction of sp³-hybridized carbons (Fsp3) is 0. The van der Waals surface area contributed by atoms with Crippen LogP contribution < -0.4 is 4.90 Å². The van der Waals surface area contributed by atoms with Crippen molar-refractivity contribution < 1.29 is 4.42 Å². The van der Waals surface area contributed by atoms with Gasteiger partial charge in [0, 0.05) is 33.6 Å². The monoisotopic (exact) mass is 713 g/mol. The Labute approximate surface area is 325 Å². The van der Waals surface area contributed by atoms with Crippen molar-refractivity contribution in [2.45, 2.75) is 0 Å². The van der Waals surface area contributed by atoms with Crippen molar-refractivity contribution >= 4 is 71.3 Å². The summed E-state index contributed by atoms with van der Waals surface area (Å²) in [4.78, 5) is 2.40. The summed E-state index contributed by atoms with van der Waals surface area (Å²) in [5, 5.41) is 9.56. The molecule has 0 saturated carbocycles. The van der Waals surface area contributed by atoms with Crippen LogP contribution in [0.2, 0.25) is 0 Å². The maximum Gasteiger partial charge on any atom is 0.137 e. The van der Waals surface area contributed by atoms with Crippen molar-refractivity contribution in [1.82, 2.24) is 0 Å². The van der Waals surface area contributed by atoms with E-state index in [9.17, 15) is 0 Å². The first-order valence-electron chi connectivity index (χ1n) is 19.2. The lowest BCUT2D eigenvalue weighted by Crippen LogP contribution is -2.10. The topological polar surface area (TPSA) is 16.4 Å². The number of fused-ring (bicyclic) bond motifs is 6. The first-order chi connectivity index (χ1) is 27.8. The number of nitrogens with zero attached hydrogens (tertiary/aromatic N) is 1. The van der Waals surface area contributed by atoms with Crippen LogP contribution in [0.1, 0.15) is 0 Å². The van der Waals surface area contributed by atoms with Crippen LogP contribution in [0.4, 0.5) is 17.1 Å². The van der Waals surface area contributed by atoms with Crippen molar-refractivity contribution in [3.63, 3.8) is 0 Å². The van der Waals surface area contributed by atoms with Gasteiger partial charge in [0.1, 0.15) is 11.2 Å². The largest absolute Gasteiger partial charge is 0.456 e. The van der Waals surface area contributed by atoms with E-state index in [1.54, 1.807) is 0 Å². The van der Waals surface area contributed by atoms with Crippen molar-refractivity contribution in [2.75, 3.05) is 4.90 Å². The lowest BCUT2D eigenvalue weighted by molar-refractivity contribution is 0.669. The fourth-order valence-electron chi connectivity index (χ4n) is 8.71. The second-order valence-corrected chi connectivity index (χ2v) is 14.4. The summed E-state index contributed by atoms with van der Waals surface area (Å²) < 4.78 is 6.49. The molecule has 0 fully saturated rings. The zero-order valence-corrected chi connectivity index (χ0v) is 30.6. The Morgan fingerprint density at radius 2 is 0.875 bits per heavy atom. The van der Waals surface area contributed by atoms with Crippen molar-refractivity contribution in [1.29, 1.82) is 0 Å². The molecular weight excluding hydrogens is 679 g/mol. The van der Waals surface area contributed by atoms with E-state index in [0.29, 0.717) is 0 Å². The number of rotatable bonds is 6. The summed E-state index contributed by atoms with van der Waals surface area (Å²) in [5.74, 6) is 0. The Kier molecular flexibility index (Phi) is 7.53. The number of hydrogen-bond donors (Lipinski definition) is 0. The third-order valence-electron chi connectivity index (χ3n) is 11.2. The van der Waals surface area contributed by atoms with Crippen LogP contribution >= 0.6 is 0 Å². The molecule has 0 spiro atoms. The summed E-state index contributed by atoms with van der Waals surface area (Å²) in [7, 11) is 0. The van der Waals surface area contributed by atoms with Gasteiger partial charge in [-0.2, -0.15) is 0 Å². The summed E-state index contributed by atoms with van der Waals surface area (Å²) in [6, 6.07) is 76.5. The highest BCUT2D eigenvalue weighted by Crippen LogP contribution is 2.46. The molecule has 10 aromatic carbocycles. The minimum absolute atomic E-state index is 0.864. The van der Waals surface area contributed by atoms with Gasteiger partial charge in [0.25, 0.3) is 0 Å². The molecule has 0 unspecified atom stereocenters. The van der Waals surface area contributed by atoms with Gasteiger partial charge < -0.3 is 9.32 Å². The number of benzene rings is 10. The Bertz CT molecular complexity index is 3260. The average Bonchev–Trinajstić information content (AvgIpc) is 3.64. The van der Waals surface area contributed by atoms with Gasteiger partial charge in [0.05, 0.1) is 5.69 Å². The van der Waals surface area contributed by atoms with Crippen LogP contribution in [0.3, 0.4) is 0 Å². The summed E-state index contributed by atoms with van der Waals surface area (Å²) in [5.41, 5.74) is 12.2. The maximum atomic E-state index is 6.49. The van der Waals surface area contributed by atoms with Gasteiger partial charge in [0.2, 0.25) is 0 Å². The molecule has 0 aliphatic heterocycles. The van der Waals surface area contributed by atoms with Gasteiger partial charge in [-0.05, 0) is 96.7 Å². The van der Waals surface area contributed by atoms with Gasteiger partial charge in [-0.25, -0.2) is 0 Å². The van der Waals surface area contributed by atoms with Crippen LogP contribution in [-0.2, 0) is 0 Å². The van der Waals surface area contributed by atoms with Crippen molar-refractivity contribution in [3.8, 4) is 33.4 Å². The predicted octanol–water partition coefficient (Wildman–Crippen LogP) is 15.5. The highest BCUT2D eigenvalue weighted by atomic mass is 16.3. The molecule has 0 aliphatic rings. The number of furan rings is 1. The van der Waals surface area contributed by atoms with E-state index in [0.717, 1.165) is 44.6 Å². The van der Waals surface area contributed by atoms with Crippen LogP contribution in [-0.4, -0.2) is 0 Å². The fourth-order valence-corrected chi connectivity index (χ4v) is 8.71. The van der Waals surface area contributed by atoms with Crippen LogP contribution in [0.25, 0.3) is 87.6 Å². The molecule has 56 heavy (non-hydrogen) atoms. The molecule has 262 valence electrons. The molecule has 11 aromatic rings. The molecule has 1 aromatic heterocycles. The minimum Gasteiger partial charge on any atom is -0.456 e. The second-order valence-electron chi connectivity index (χ2n) is 14.4. The van der Waals surface area contributed by atoms with E-state index >= 15 is 0 Å². The van der Waals surface area contributed by atoms with Crippen molar-refractivity contribution in [2.24, 2.45) is 0 Å². The maximum absolute atomic E-state index is 6.49. The third kappa shape index (κ3) is 5.26. The Morgan fingerprint density at radius 1 is 0.304 bits per heavy atom. The number of anilines is 3. The molecule has 0 bridgehead atoms. The molecule has 0 amide bonds. The van der Waals surface area contributed by atoms with Gasteiger partial charge in [-0.3, -0.25) is 0 Å². The van der Waals surface area contributed by atoms with E-state index in [4.69, 9.17) is 4.42 Å². The highest BCUT2D eigenvalue weighted by Gasteiger charge is 2.21. The smallest absolute Gasteiger partial charge is 0.137 e. The van der Waals surface area contributed by atoms with E-state index < -0.39 is 0 Å². The average molecular weight is 714 g/mol. The summed E-state index contributed by atoms with van der Waals surface area (Å²) >= 11 is 0. The molecule has 0 radical (unpaired) electrons. The third-order valence-corrected chi connectivity index (χ3v) is 11.2. The van der Waals surface area contributed by atoms with Gasteiger partial charge in [0.15, 0.2) is 0 Å².